The Morgan fingerprint density at radius 3 is 2.55 bits per heavy atom. The fourth-order valence-corrected chi connectivity index (χ4v) is 2.47. The maximum absolute atomic E-state index is 11.9. The maximum Gasteiger partial charge on any atom is 0.327 e. The molecular weight excluding hydrogens is 280 g/mol. The second-order valence-electron chi connectivity index (χ2n) is 5.40. The molecule has 0 aliphatic carbocycles. The van der Waals surface area contributed by atoms with Crippen molar-refractivity contribution in [2.24, 2.45) is 0 Å². The fourth-order valence-electron chi connectivity index (χ4n) is 2.47. The van der Waals surface area contributed by atoms with Crippen LogP contribution in [-0.2, 0) is 16.0 Å². The molecule has 1 aromatic rings. The van der Waals surface area contributed by atoms with Crippen LogP contribution in [0, 0.1) is 0 Å². The monoisotopic (exact) mass is 304 g/mol. The Kier molecular flexibility index (Phi) is 6.40. The van der Waals surface area contributed by atoms with Crippen molar-refractivity contribution >= 4 is 11.9 Å². The van der Waals surface area contributed by atoms with Crippen molar-refractivity contribution in [2.45, 2.75) is 26.2 Å². The Labute approximate surface area is 131 Å². The SMILES string of the molecule is CCN1CC(=O)N(CCCCOCCc2ccccc2)C1=O. The molecule has 120 valence electrons. The molecule has 3 amide bonds. The minimum Gasteiger partial charge on any atom is -0.381 e. The van der Waals surface area contributed by atoms with Crippen molar-refractivity contribution in [3.8, 4) is 0 Å². The van der Waals surface area contributed by atoms with Gasteiger partial charge in [0.25, 0.3) is 0 Å². The van der Waals surface area contributed by atoms with Crippen molar-refractivity contribution in [2.75, 3.05) is 32.8 Å². The van der Waals surface area contributed by atoms with Gasteiger partial charge >= 0.3 is 6.03 Å². The summed E-state index contributed by atoms with van der Waals surface area (Å²) in [5.74, 6) is -0.0863. The number of imide groups is 1. The van der Waals surface area contributed by atoms with Crippen molar-refractivity contribution in [1.29, 1.82) is 0 Å². The number of benzene rings is 1. The molecule has 5 nitrogen and oxygen atoms in total. The molecule has 5 heteroatoms. The molecule has 0 bridgehead atoms. The van der Waals surface area contributed by atoms with Gasteiger partial charge in [-0.05, 0) is 31.7 Å². The largest absolute Gasteiger partial charge is 0.381 e. The zero-order valence-corrected chi connectivity index (χ0v) is 13.2. The van der Waals surface area contributed by atoms with Crippen molar-refractivity contribution in [3.63, 3.8) is 0 Å². The molecule has 1 aliphatic heterocycles. The number of nitrogens with zero attached hydrogens (tertiary/aromatic N) is 2. The quantitative estimate of drug-likeness (QED) is 0.519. The normalized spacial score (nSPS) is 15.0. The van der Waals surface area contributed by atoms with E-state index in [9.17, 15) is 9.59 Å². The van der Waals surface area contributed by atoms with Crippen LogP contribution in [0.3, 0.4) is 0 Å². The molecule has 1 saturated heterocycles. The van der Waals surface area contributed by atoms with Gasteiger partial charge in [0.05, 0.1) is 6.61 Å². The summed E-state index contributed by atoms with van der Waals surface area (Å²) in [6, 6.07) is 10.1. The van der Waals surface area contributed by atoms with Crippen LogP contribution >= 0.6 is 0 Å². The van der Waals surface area contributed by atoms with Crippen LogP contribution in [0.5, 0.6) is 0 Å². The smallest absolute Gasteiger partial charge is 0.327 e. The lowest BCUT2D eigenvalue weighted by Gasteiger charge is -2.15. The van der Waals surface area contributed by atoms with E-state index in [1.54, 1.807) is 4.90 Å². The van der Waals surface area contributed by atoms with Crippen LogP contribution in [0.2, 0.25) is 0 Å². The van der Waals surface area contributed by atoms with E-state index in [4.69, 9.17) is 4.74 Å². The third-order valence-corrected chi connectivity index (χ3v) is 3.81. The Morgan fingerprint density at radius 2 is 1.86 bits per heavy atom. The van der Waals surface area contributed by atoms with Crippen LogP contribution in [0.15, 0.2) is 30.3 Å². The zero-order chi connectivity index (χ0) is 15.8. The van der Waals surface area contributed by atoms with Crippen LogP contribution < -0.4 is 0 Å². The predicted octanol–water partition coefficient (Wildman–Crippen LogP) is 2.31. The van der Waals surface area contributed by atoms with E-state index >= 15 is 0 Å². The Morgan fingerprint density at radius 1 is 1.09 bits per heavy atom. The molecule has 22 heavy (non-hydrogen) atoms. The van der Waals surface area contributed by atoms with Crippen LogP contribution in [0.1, 0.15) is 25.3 Å². The highest BCUT2D eigenvalue weighted by atomic mass is 16.5. The first-order chi connectivity index (χ1) is 10.7. The number of carbonyl (C=O) groups is 2. The van der Waals surface area contributed by atoms with Crippen molar-refractivity contribution in [3.05, 3.63) is 35.9 Å². The summed E-state index contributed by atoms with van der Waals surface area (Å²) in [6.07, 6.45) is 2.56. The van der Waals surface area contributed by atoms with Crippen molar-refractivity contribution < 1.29 is 14.3 Å². The predicted molar refractivity (Wildman–Crippen MR) is 84.6 cm³/mol. The van der Waals surface area contributed by atoms with E-state index in [0.717, 1.165) is 19.3 Å². The third-order valence-electron chi connectivity index (χ3n) is 3.81. The molecule has 2 rings (SSSR count). The topological polar surface area (TPSA) is 49.9 Å². The number of urea groups is 1. The van der Waals surface area contributed by atoms with Gasteiger partial charge in [-0.15, -0.1) is 0 Å². The molecule has 1 aliphatic rings. The first kappa shape index (κ1) is 16.5. The standard InChI is InChI=1S/C17H24N2O3/c1-2-18-14-16(20)19(17(18)21)11-6-7-12-22-13-10-15-8-4-3-5-9-15/h3-5,8-9H,2,6-7,10-14H2,1H3. The van der Waals surface area contributed by atoms with Gasteiger partial charge in [-0.1, -0.05) is 30.3 Å². The lowest BCUT2D eigenvalue weighted by atomic mass is 10.2. The van der Waals surface area contributed by atoms with Gasteiger partial charge in [0.15, 0.2) is 0 Å². The molecule has 0 radical (unpaired) electrons. The molecular formula is C17H24N2O3. The number of likely N-dealkylation sites (N-methyl/N-ethyl adjacent to an activating group) is 1. The molecule has 0 atom stereocenters. The van der Waals surface area contributed by atoms with E-state index < -0.39 is 0 Å². The van der Waals surface area contributed by atoms with Gasteiger partial charge < -0.3 is 9.64 Å². The number of carbonyl (C=O) groups excluding carboxylic acids is 2. The minimum absolute atomic E-state index is 0.0863. The van der Waals surface area contributed by atoms with E-state index in [1.165, 1.54) is 10.5 Å². The third kappa shape index (κ3) is 4.56. The summed E-state index contributed by atoms with van der Waals surface area (Å²) in [5, 5.41) is 0. The van der Waals surface area contributed by atoms with Gasteiger partial charge in [-0.25, -0.2) is 4.79 Å². The van der Waals surface area contributed by atoms with Gasteiger partial charge in [0.1, 0.15) is 6.54 Å². The van der Waals surface area contributed by atoms with Crippen LogP contribution in [0.25, 0.3) is 0 Å². The van der Waals surface area contributed by atoms with Gasteiger partial charge in [-0.3, -0.25) is 9.69 Å². The maximum atomic E-state index is 11.9. The lowest BCUT2D eigenvalue weighted by Crippen LogP contribution is -2.33. The summed E-state index contributed by atoms with van der Waals surface area (Å²) >= 11 is 0. The molecule has 1 heterocycles. The summed E-state index contributed by atoms with van der Waals surface area (Å²) < 4.78 is 5.60. The molecule has 0 saturated carbocycles. The van der Waals surface area contributed by atoms with E-state index in [2.05, 4.69) is 12.1 Å². The number of amides is 3. The van der Waals surface area contributed by atoms with Gasteiger partial charge in [0, 0.05) is 19.7 Å². The van der Waals surface area contributed by atoms with Crippen molar-refractivity contribution in [1.82, 2.24) is 9.80 Å². The van der Waals surface area contributed by atoms with Gasteiger partial charge in [-0.2, -0.15) is 0 Å². The van der Waals surface area contributed by atoms with Crippen LogP contribution in [0.4, 0.5) is 4.79 Å². The number of rotatable bonds is 9. The average molecular weight is 304 g/mol. The summed E-state index contributed by atoms with van der Waals surface area (Å²) in [5.41, 5.74) is 1.27. The zero-order valence-electron chi connectivity index (χ0n) is 13.2. The highest BCUT2D eigenvalue weighted by Crippen LogP contribution is 2.11. The number of unbranched alkanes of at least 4 members (excludes halogenated alkanes) is 1. The number of ether oxygens (including phenoxy) is 1. The minimum atomic E-state index is -0.155. The molecule has 0 unspecified atom stereocenters. The summed E-state index contributed by atoms with van der Waals surface area (Å²) in [6.45, 7) is 4.56. The highest BCUT2D eigenvalue weighted by Gasteiger charge is 2.34. The number of hydrogen-bond donors (Lipinski definition) is 0. The molecule has 0 N–H and O–H groups in total. The van der Waals surface area contributed by atoms with E-state index in [-0.39, 0.29) is 18.5 Å². The van der Waals surface area contributed by atoms with Crippen LogP contribution in [-0.4, -0.2) is 54.6 Å². The second-order valence-corrected chi connectivity index (χ2v) is 5.40. The van der Waals surface area contributed by atoms with Gasteiger partial charge in [0.2, 0.25) is 5.91 Å². The Balaban J connectivity index is 1.54. The highest BCUT2D eigenvalue weighted by molar-refractivity contribution is 6.01. The van der Waals surface area contributed by atoms with E-state index in [1.807, 2.05) is 25.1 Å². The first-order valence-corrected chi connectivity index (χ1v) is 7.93. The Bertz CT molecular complexity index is 490. The molecule has 1 fully saturated rings. The summed E-state index contributed by atoms with van der Waals surface area (Å²) in [7, 11) is 0. The molecule has 1 aromatic carbocycles. The Hall–Kier alpha value is -1.88. The summed E-state index contributed by atoms with van der Waals surface area (Å²) in [4.78, 5) is 26.5. The van der Waals surface area contributed by atoms with E-state index in [0.29, 0.717) is 26.3 Å². The molecule has 0 aromatic heterocycles. The second kappa shape index (κ2) is 8.54. The molecule has 0 spiro atoms. The first-order valence-electron chi connectivity index (χ1n) is 7.93. The fraction of sp³-hybridized carbons (Fsp3) is 0.529. The number of hydrogen-bond acceptors (Lipinski definition) is 3. The average Bonchev–Trinajstić information content (AvgIpc) is 2.82. The lowest BCUT2D eigenvalue weighted by molar-refractivity contribution is -0.125.